The summed E-state index contributed by atoms with van der Waals surface area (Å²) in [6, 6.07) is 25.0. The summed E-state index contributed by atoms with van der Waals surface area (Å²) in [6.45, 7) is 3.96. The quantitative estimate of drug-likeness (QED) is 0.430. The number of nitrogens with zero attached hydrogens (tertiary/aromatic N) is 1. The topological polar surface area (TPSA) is 12.9 Å². The summed E-state index contributed by atoms with van der Waals surface area (Å²) in [5.74, 6) is 0. The second-order valence-corrected chi connectivity index (χ2v) is 5.31. The van der Waals surface area contributed by atoms with E-state index in [2.05, 4.69) is 61.2 Å². The number of para-hydroxylation sites is 2. The Bertz CT molecular complexity index is 945. The molecule has 4 rings (SSSR count). The molecule has 1 heterocycles. The summed E-state index contributed by atoms with van der Waals surface area (Å²) in [6.07, 6.45) is 1.92. The molecule has 0 radical (unpaired) electrons. The molecule has 0 spiro atoms. The maximum Gasteiger partial charge on any atom is 0.0715 e. The summed E-state index contributed by atoms with van der Waals surface area (Å²) >= 11 is 0. The fraction of sp³-hybridized carbons (Fsp3) is 0. The second kappa shape index (κ2) is 5.12. The Hall–Kier alpha value is -2.93. The number of pyridine rings is 1. The third-order valence-corrected chi connectivity index (χ3v) is 4.04. The van der Waals surface area contributed by atoms with Gasteiger partial charge in [-0.2, -0.15) is 0 Å². The number of benzene rings is 3. The maximum atomic E-state index is 4.79. The average Bonchev–Trinajstić information content (AvgIpc) is 2.59. The molecule has 104 valence electrons. The van der Waals surface area contributed by atoms with Gasteiger partial charge in [0.05, 0.1) is 11.0 Å². The Morgan fingerprint density at radius 2 is 1.23 bits per heavy atom. The van der Waals surface area contributed by atoms with E-state index in [1.165, 1.54) is 21.9 Å². The second-order valence-electron chi connectivity index (χ2n) is 5.31. The van der Waals surface area contributed by atoms with Crippen LogP contribution in [-0.4, -0.2) is 4.98 Å². The standard InChI is InChI=1S/C21H15N/c1-2-15-9-3-4-10-16(15)21-17-11-5-7-13-19(17)22-20-14-8-6-12-18(20)21/h2-14H,1H2. The average molecular weight is 281 g/mol. The van der Waals surface area contributed by atoms with Crippen LogP contribution in [0.3, 0.4) is 0 Å². The van der Waals surface area contributed by atoms with Gasteiger partial charge >= 0.3 is 0 Å². The normalized spacial score (nSPS) is 10.9. The zero-order chi connectivity index (χ0) is 14.9. The fourth-order valence-electron chi connectivity index (χ4n) is 3.03. The van der Waals surface area contributed by atoms with Crippen molar-refractivity contribution in [3.63, 3.8) is 0 Å². The Labute approximate surface area is 129 Å². The molecule has 0 saturated carbocycles. The van der Waals surface area contributed by atoms with Gasteiger partial charge in [0.1, 0.15) is 0 Å². The lowest BCUT2D eigenvalue weighted by molar-refractivity contribution is 1.49. The molecule has 0 N–H and O–H groups in total. The number of hydrogen-bond donors (Lipinski definition) is 0. The molecule has 1 heteroatoms. The van der Waals surface area contributed by atoms with Crippen LogP contribution in [0.2, 0.25) is 0 Å². The van der Waals surface area contributed by atoms with Gasteiger partial charge in [-0.15, -0.1) is 0 Å². The van der Waals surface area contributed by atoms with Crippen LogP contribution in [0.25, 0.3) is 39.0 Å². The SMILES string of the molecule is C=Cc1ccccc1-c1c2ccccc2nc2ccccc12. The van der Waals surface area contributed by atoms with Crippen LogP contribution in [0.5, 0.6) is 0 Å². The van der Waals surface area contributed by atoms with Crippen LogP contribution in [-0.2, 0) is 0 Å². The minimum Gasteiger partial charge on any atom is -0.248 e. The first-order chi connectivity index (χ1) is 10.9. The highest BCUT2D eigenvalue weighted by molar-refractivity contribution is 6.10. The fourth-order valence-corrected chi connectivity index (χ4v) is 3.03. The highest BCUT2D eigenvalue weighted by atomic mass is 14.7. The monoisotopic (exact) mass is 281 g/mol. The van der Waals surface area contributed by atoms with E-state index < -0.39 is 0 Å². The number of rotatable bonds is 2. The van der Waals surface area contributed by atoms with Crippen molar-refractivity contribution in [3.05, 3.63) is 84.9 Å². The Morgan fingerprint density at radius 3 is 1.86 bits per heavy atom. The highest BCUT2D eigenvalue weighted by Crippen LogP contribution is 2.36. The van der Waals surface area contributed by atoms with Crippen LogP contribution in [0.15, 0.2) is 79.4 Å². The van der Waals surface area contributed by atoms with Crippen molar-refractivity contribution < 1.29 is 0 Å². The molecule has 4 aromatic rings. The third-order valence-electron chi connectivity index (χ3n) is 4.04. The molecule has 0 bridgehead atoms. The molecule has 0 atom stereocenters. The van der Waals surface area contributed by atoms with Crippen molar-refractivity contribution in [2.24, 2.45) is 0 Å². The van der Waals surface area contributed by atoms with Crippen LogP contribution in [0.4, 0.5) is 0 Å². The van der Waals surface area contributed by atoms with Gasteiger partial charge in [0.15, 0.2) is 0 Å². The summed E-state index contributed by atoms with van der Waals surface area (Å²) in [5, 5.41) is 2.35. The first-order valence-electron chi connectivity index (χ1n) is 7.38. The van der Waals surface area contributed by atoms with Gasteiger partial charge in [0.25, 0.3) is 0 Å². The van der Waals surface area contributed by atoms with Crippen LogP contribution < -0.4 is 0 Å². The maximum absolute atomic E-state index is 4.79. The van der Waals surface area contributed by atoms with Crippen LogP contribution >= 0.6 is 0 Å². The molecule has 0 amide bonds. The van der Waals surface area contributed by atoms with E-state index in [1.54, 1.807) is 0 Å². The molecule has 0 saturated heterocycles. The zero-order valence-corrected chi connectivity index (χ0v) is 12.2. The Morgan fingerprint density at radius 1 is 0.682 bits per heavy atom. The van der Waals surface area contributed by atoms with E-state index in [0.717, 1.165) is 16.6 Å². The predicted octanol–water partition coefficient (Wildman–Crippen LogP) is 5.70. The Kier molecular flexibility index (Phi) is 2.97. The lowest BCUT2D eigenvalue weighted by Gasteiger charge is -2.13. The van der Waals surface area contributed by atoms with Gasteiger partial charge in [-0.3, -0.25) is 0 Å². The molecular formula is C21H15N. The Balaban J connectivity index is 2.24. The van der Waals surface area contributed by atoms with Crippen molar-refractivity contribution in [2.45, 2.75) is 0 Å². The van der Waals surface area contributed by atoms with E-state index in [9.17, 15) is 0 Å². The molecule has 0 aliphatic heterocycles. The van der Waals surface area contributed by atoms with Crippen molar-refractivity contribution in [3.8, 4) is 11.1 Å². The minimum atomic E-state index is 1.02. The van der Waals surface area contributed by atoms with Crippen LogP contribution in [0, 0.1) is 0 Å². The lowest BCUT2D eigenvalue weighted by Crippen LogP contribution is -1.90. The van der Waals surface area contributed by atoms with Gasteiger partial charge in [0, 0.05) is 16.3 Å². The molecule has 0 aliphatic carbocycles. The van der Waals surface area contributed by atoms with E-state index >= 15 is 0 Å². The molecule has 0 fully saturated rings. The van der Waals surface area contributed by atoms with Crippen molar-refractivity contribution >= 4 is 27.9 Å². The van der Waals surface area contributed by atoms with Crippen molar-refractivity contribution in [2.75, 3.05) is 0 Å². The number of aromatic nitrogens is 1. The van der Waals surface area contributed by atoms with Gasteiger partial charge < -0.3 is 0 Å². The number of hydrogen-bond acceptors (Lipinski definition) is 1. The van der Waals surface area contributed by atoms with Gasteiger partial charge in [-0.25, -0.2) is 4.98 Å². The summed E-state index contributed by atoms with van der Waals surface area (Å²) < 4.78 is 0. The molecule has 3 aromatic carbocycles. The van der Waals surface area contributed by atoms with Gasteiger partial charge in [-0.1, -0.05) is 73.3 Å². The molecule has 22 heavy (non-hydrogen) atoms. The van der Waals surface area contributed by atoms with Gasteiger partial charge in [0.2, 0.25) is 0 Å². The predicted molar refractivity (Wildman–Crippen MR) is 94.8 cm³/mol. The van der Waals surface area contributed by atoms with E-state index in [-0.39, 0.29) is 0 Å². The summed E-state index contributed by atoms with van der Waals surface area (Å²) in [7, 11) is 0. The van der Waals surface area contributed by atoms with E-state index in [4.69, 9.17) is 4.98 Å². The smallest absolute Gasteiger partial charge is 0.0715 e. The molecular weight excluding hydrogens is 266 g/mol. The minimum absolute atomic E-state index is 1.02. The largest absolute Gasteiger partial charge is 0.248 e. The molecule has 0 unspecified atom stereocenters. The third kappa shape index (κ3) is 1.91. The van der Waals surface area contributed by atoms with Crippen molar-refractivity contribution in [1.29, 1.82) is 0 Å². The highest BCUT2D eigenvalue weighted by Gasteiger charge is 2.12. The summed E-state index contributed by atoms with van der Waals surface area (Å²) in [4.78, 5) is 4.79. The molecule has 1 nitrogen and oxygen atoms in total. The molecule has 1 aromatic heterocycles. The van der Waals surface area contributed by atoms with E-state index in [1.807, 2.05) is 24.3 Å². The van der Waals surface area contributed by atoms with Crippen molar-refractivity contribution in [1.82, 2.24) is 4.98 Å². The van der Waals surface area contributed by atoms with Gasteiger partial charge in [-0.05, 0) is 23.3 Å². The van der Waals surface area contributed by atoms with E-state index in [0.29, 0.717) is 0 Å². The lowest BCUT2D eigenvalue weighted by atomic mass is 9.93. The summed E-state index contributed by atoms with van der Waals surface area (Å²) in [5.41, 5.74) is 5.62. The van der Waals surface area contributed by atoms with Crippen LogP contribution in [0.1, 0.15) is 5.56 Å². The first kappa shape index (κ1) is 12.8. The zero-order valence-electron chi connectivity index (χ0n) is 12.2. The number of fused-ring (bicyclic) bond motifs is 2. The molecule has 0 aliphatic rings. The first-order valence-corrected chi connectivity index (χ1v) is 7.38.